The van der Waals surface area contributed by atoms with Crippen molar-refractivity contribution in [2.75, 3.05) is 6.54 Å². The first-order valence-corrected chi connectivity index (χ1v) is 18.0. The molecule has 46 heavy (non-hydrogen) atoms. The summed E-state index contributed by atoms with van der Waals surface area (Å²) in [6.07, 6.45) is 5.21. The lowest BCUT2D eigenvalue weighted by atomic mass is 9.83. The Balaban J connectivity index is 0.00000417. The highest BCUT2D eigenvalue weighted by Gasteiger charge is 2.62. The second kappa shape index (κ2) is 13.5. The maximum absolute atomic E-state index is 13.9. The molecule has 3 aliphatic carbocycles. The van der Waals surface area contributed by atoms with E-state index in [0.29, 0.717) is 43.8 Å². The van der Waals surface area contributed by atoms with Gasteiger partial charge in [-0.25, -0.2) is 13.2 Å². The van der Waals surface area contributed by atoms with Crippen LogP contribution >= 0.6 is 24.0 Å². The number of amides is 4. The van der Waals surface area contributed by atoms with Gasteiger partial charge in [-0.1, -0.05) is 56.3 Å². The van der Waals surface area contributed by atoms with Crippen LogP contribution in [-0.4, -0.2) is 77.6 Å². The molecule has 0 radical (unpaired) electrons. The van der Waals surface area contributed by atoms with Crippen LogP contribution in [0.2, 0.25) is 5.02 Å². The van der Waals surface area contributed by atoms with Crippen molar-refractivity contribution in [1.29, 1.82) is 0 Å². The molecule has 4 N–H and O–H groups in total. The molecule has 12 nitrogen and oxygen atoms in total. The Morgan fingerprint density at radius 3 is 2.46 bits per heavy atom. The van der Waals surface area contributed by atoms with Crippen LogP contribution in [0.4, 0.5) is 4.79 Å². The van der Waals surface area contributed by atoms with E-state index in [1.54, 1.807) is 6.07 Å². The number of hydrogen-bond donors (Lipinski definition) is 3. The fraction of sp³-hybridized carbons (Fsp3) is 0.677. The quantitative estimate of drug-likeness (QED) is 0.354. The van der Waals surface area contributed by atoms with E-state index in [1.165, 1.54) is 9.80 Å². The first kappa shape index (κ1) is 34.7. The van der Waals surface area contributed by atoms with Crippen molar-refractivity contribution in [1.82, 2.24) is 19.8 Å². The molecule has 4 amide bonds. The second-order valence-electron chi connectivity index (χ2n) is 13.4. The van der Waals surface area contributed by atoms with Gasteiger partial charge in [0.2, 0.25) is 21.8 Å². The minimum absolute atomic E-state index is 0. The number of hydrogen-bond acceptors (Lipinski definition) is 8. The summed E-state index contributed by atoms with van der Waals surface area (Å²) in [5.41, 5.74) is 6.90. The minimum atomic E-state index is -3.82. The Kier molecular flexibility index (Phi) is 10.2. The molecular weight excluding hydrogens is 657 g/mol. The van der Waals surface area contributed by atoms with Gasteiger partial charge in [0.1, 0.15) is 17.7 Å². The zero-order chi connectivity index (χ0) is 32.1. The lowest BCUT2D eigenvalue weighted by Crippen LogP contribution is -2.58. The number of benzene rings is 1. The summed E-state index contributed by atoms with van der Waals surface area (Å²) < 4.78 is 33.2. The zero-order valence-corrected chi connectivity index (χ0v) is 28.3. The van der Waals surface area contributed by atoms with Gasteiger partial charge in [-0.05, 0) is 61.1 Å². The lowest BCUT2D eigenvalue weighted by molar-refractivity contribution is -0.141. The number of sulfonamides is 1. The SMILES string of the molecule is CC[C@@H]1C[C@]1(NC(=O)[C@@H]1C[C@@H](OC(=O)N2Cc3cccc(Cl)c3C2)CN1C(=O)[C@@H](N)C1CCCCC1)C(=O)NS(=O)(=O)C1CC1.Cl. The summed E-state index contributed by atoms with van der Waals surface area (Å²) in [6.45, 7) is 2.48. The van der Waals surface area contributed by atoms with Gasteiger partial charge >= 0.3 is 6.09 Å². The van der Waals surface area contributed by atoms with E-state index in [4.69, 9.17) is 22.1 Å². The summed E-state index contributed by atoms with van der Waals surface area (Å²) >= 11 is 6.33. The van der Waals surface area contributed by atoms with E-state index >= 15 is 0 Å². The maximum Gasteiger partial charge on any atom is 0.410 e. The standard InChI is InChI=1S/C31H42ClN5O7S.ClH/c1-2-20-14-31(20,29(40)35-45(42,43)22-11-12-22)34-27(38)25-13-21(16-37(25)28(39)26(33)18-7-4-3-5-8-18)44-30(41)36-15-19-9-6-10-24(32)23(19)17-36;/h6,9-10,18,20-22,25-26H,2-5,7-8,11-17,33H2,1H3,(H,34,38)(H,35,40);1H/t20-,21-,25+,26+,31-;/m1./s1. The third-order valence-corrected chi connectivity index (χ3v) is 12.5. The van der Waals surface area contributed by atoms with Crippen molar-refractivity contribution >= 4 is 57.8 Å². The molecule has 5 atom stereocenters. The van der Waals surface area contributed by atoms with Crippen molar-refractivity contribution in [3.05, 3.63) is 34.3 Å². The predicted molar refractivity (Wildman–Crippen MR) is 172 cm³/mol. The number of ether oxygens (including phenoxy) is 1. The van der Waals surface area contributed by atoms with Gasteiger partial charge in [-0.15, -0.1) is 12.4 Å². The number of carbonyl (C=O) groups is 4. The highest BCUT2D eigenvalue weighted by molar-refractivity contribution is 7.91. The predicted octanol–water partition coefficient (Wildman–Crippen LogP) is 2.98. The molecule has 1 aromatic carbocycles. The van der Waals surface area contributed by atoms with Crippen molar-refractivity contribution < 1.29 is 32.3 Å². The van der Waals surface area contributed by atoms with Crippen LogP contribution in [0.3, 0.4) is 0 Å². The molecule has 4 fully saturated rings. The minimum Gasteiger partial charge on any atom is -0.444 e. The fourth-order valence-corrected chi connectivity index (χ4v) is 8.90. The Morgan fingerprint density at radius 2 is 1.83 bits per heavy atom. The number of nitrogens with one attached hydrogen (secondary N) is 2. The van der Waals surface area contributed by atoms with Gasteiger partial charge in [-0.3, -0.25) is 24.0 Å². The van der Waals surface area contributed by atoms with Crippen LogP contribution in [0.1, 0.15) is 82.3 Å². The first-order chi connectivity index (χ1) is 21.4. The number of fused-ring (bicyclic) bond motifs is 1. The van der Waals surface area contributed by atoms with Crippen molar-refractivity contribution in [2.45, 2.75) is 113 Å². The van der Waals surface area contributed by atoms with Gasteiger partial charge in [-0.2, -0.15) is 0 Å². The molecule has 1 aromatic rings. The highest BCUT2D eigenvalue weighted by atomic mass is 35.5. The van der Waals surface area contributed by atoms with E-state index in [-0.39, 0.29) is 37.2 Å². The molecule has 1 saturated heterocycles. The van der Waals surface area contributed by atoms with E-state index < -0.39 is 62.8 Å². The number of nitrogens with two attached hydrogens (primary N) is 1. The lowest BCUT2D eigenvalue weighted by Gasteiger charge is -2.32. The average molecular weight is 701 g/mol. The average Bonchev–Trinajstić information content (AvgIpc) is 3.91. The van der Waals surface area contributed by atoms with Crippen molar-refractivity contribution in [3.8, 4) is 0 Å². The summed E-state index contributed by atoms with van der Waals surface area (Å²) in [5.74, 6) is -1.99. The summed E-state index contributed by atoms with van der Waals surface area (Å²) in [6, 6.07) is 3.65. The van der Waals surface area contributed by atoms with Gasteiger partial charge in [0.25, 0.3) is 5.91 Å². The monoisotopic (exact) mass is 699 g/mol. The number of rotatable bonds is 9. The molecule has 3 saturated carbocycles. The Morgan fingerprint density at radius 1 is 1.11 bits per heavy atom. The van der Waals surface area contributed by atoms with Crippen molar-refractivity contribution in [2.24, 2.45) is 17.6 Å². The first-order valence-electron chi connectivity index (χ1n) is 16.1. The van der Waals surface area contributed by atoms with Gasteiger partial charge in [0.05, 0.1) is 24.4 Å². The molecule has 6 rings (SSSR count). The highest BCUT2D eigenvalue weighted by Crippen LogP contribution is 2.47. The van der Waals surface area contributed by atoms with Crippen LogP contribution in [0, 0.1) is 11.8 Å². The van der Waals surface area contributed by atoms with E-state index in [9.17, 15) is 27.6 Å². The van der Waals surface area contributed by atoms with Crippen LogP contribution in [-0.2, 0) is 42.2 Å². The molecule has 2 aliphatic heterocycles. The molecule has 0 unspecified atom stereocenters. The molecule has 254 valence electrons. The molecule has 5 aliphatic rings. The van der Waals surface area contributed by atoms with Gasteiger partial charge in [0, 0.05) is 18.0 Å². The number of likely N-dealkylation sites (tertiary alicyclic amines) is 1. The molecule has 0 bridgehead atoms. The fourth-order valence-electron chi connectivity index (χ4n) is 7.28. The number of nitrogens with zero attached hydrogens (tertiary/aromatic N) is 2. The van der Waals surface area contributed by atoms with E-state index in [0.717, 1.165) is 43.2 Å². The number of carbonyl (C=O) groups excluding carboxylic acids is 4. The smallest absolute Gasteiger partial charge is 0.410 e. The molecule has 0 spiro atoms. The van der Waals surface area contributed by atoms with E-state index in [1.807, 2.05) is 19.1 Å². The Bertz CT molecular complexity index is 1490. The molecule has 0 aromatic heterocycles. The largest absolute Gasteiger partial charge is 0.444 e. The van der Waals surface area contributed by atoms with Gasteiger partial charge < -0.3 is 20.7 Å². The summed E-state index contributed by atoms with van der Waals surface area (Å²) in [5, 5.41) is 2.81. The molecule has 15 heteroatoms. The zero-order valence-electron chi connectivity index (χ0n) is 25.9. The second-order valence-corrected chi connectivity index (χ2v) is 15.7. The third-order valence-electron chi connectivity index (χ3n) is 10.3. The van der Waals surface area contributed by atoms with Gasteiger partial charge in [0.15, 0.2) is 0 Å². The van der Waals surface area contributed by atoms with Crippen molar-refractivity contribution in [3.63, 3.8) is 0 Å². The third kappa shape index (κ3) is 6.84. The normalized spacial score (nSPS) is 28.1. The summed E-state index contributed by atoms with van der Waals surface area (Å²) in [4.78, 5) is 57.2. The summed E-state index contributed by atoms with van der Waals surface area (Å²) in [7, 11) is -3.82. The maximum atomic E-state index is 13.9. The van der Waals surface area contributed by atoms with Crippen LogP contribution < -0.4 is 15.8 Å². The molecular formula is C31H43Cl2N5O7S. The van der Waals surface area contributed by atoms with Crippen LogP contribution in [0.25, 0.3) is 0 Å². The number of halogens is 2. The van der Waals surface area contributed by atoms with E-state index in [2.05, 4.69) is 10.0 Å². The topological polar surface area (TPSA) is 168 Å². The van der Waals surface area contributed by atoms with Crippen LogP contribution in [0.5, 0.6) is 0 Å². The van der Waals surface area contributed by atoms with Crippen LogP contribution in [0.15, 0.2) is 18.2 Å². The Hall–Kier alpha value is -2.61. The Labute approximate surface area is 280 Å². The molecule has 2 heterocycles.